The van der Waals surface area contributed by atoms with Crippen molar-refractivity contribution in [2.75, 3.05) is 0 Å². The number of aromatic nitrogens is 1. The Balaban J connectivity index is 2.58. The van der Waals surface area contributed by atoms with E-state index in [0.29, 0.717) is 0 Å². The highest BCUT2D eigenvalue weighted by Gasteiger charge is 2.03. The maximum Gasteiger partial charge on any atom is 0.0705 e. The second kappa shape index (κ2) is 3.93. The normalized spacial score (nSPS) is 10.1. The number of hydrogen-bond donors (Lipinski definition) is 0. The number of hydrogen-bond acceptors (Lipinski definition) is 1. The Morgan fingerprint density at radius 1 is 1.07 bits per heavy atom. The topological polar surface area (TPSA) is 12.9 Å². The van der Waals surface area contributed by atoms with Gasteiger partial charge in [-0.1, -0.05) is 34.1 Å². The summed E-state index contributed by atoms with van der Waals surface area (Å²) in [5, 5.41) is 0. The van der Waals surface area contributed by atoms with E-state index in [1.165, 1.54) is 11.1 Å². The molecule has 0 unspecified atom stereocenters. The summed E-state index contributed by atoms with van der Waals surface area (Å²) in [6, 6.07) is 12.1. The van der Waals surface area contributed by atoms with Crippen LogP contribution in [0.2, 0.25) is 0 Å². The van der Waals surface area contributed by atoms with E-state index in [-0.39, 0.29) is 0 Å². The third kappa shape index (κ3) is 1.70. The lowest BCUT2D eigenvalue weighted by Gasteiger charge is -2.05. The van der Waals surface area contributed by atoms with Crippen molar-refractivity contribution in [1.29, 1.82) is 0 Å². The van der Waals surface area contributed by atoms with E-state index in [4.69, 9.17) is 0 Å². The van der Waals surface area contributed by atoms with Gasteiger partial charge in [-0.25, -0.2) is 0 Å². The highest BCUT2D eigenvalue weighted by Crippen LogP contribution is 2.26. The van der Waals surface area contributed by atoms with Crippen molar-refractivity contribution in [3.63, 3.8) is 0 Å². The van der Waals surface area contributed by atoms with Crippen LogP contribution >= 0.6 is 15.9 Å². The van der Waals surface area contributed by atoms with Crippen molar-refractivity contribution in [3.8, 4) is 11.3 Å². The van der Waals surface area contributed by atoms with E-state index in [1.807, 2.05) is 36.5 Å². The monoisotopic (exact) mass is 247 g/mol. The Kier molecular flexibility index (Phi) is 2.64. The zero-order valence-electron chi connectivity index (χ0n) is 7.87. The predicted molar refractivity (Wildman–Crippen MR) is 62.1 cm³/mol. The van der Waals surface area contributed by atoms with Crippen LogP contribution in [-0.4, -0.2) is 4.98 Å². The summed E-state index contributed by atoms with van der Waals surface area (Å²) >= 11 is 3.52. The van der Waals surface area contributed by atoms with Crippen LogP contribution in [0.5, 0.6) is 0 Å². The van der Waals surface area contributed by atoms with Crippen molar-refractivity contribution >= 4 is 15.9 Å². The molecule has 0 aliphatic heterocycles. The fraction of sp³-hybridized carbons (Fsp3) is 0.0833. The van der Waals surface area contributed by atoms with Gasteiger partial charge in [0.15, 0.2) is 0 Å². The molecule has 2 aromatic rings. The Morgan fingerprint density at radius 2 is 1.93 bits per heavy atom. The summed E-state index contributed by atoms with van der Waals surface area (Å²) in [4.78, 5) is 4.33. The molecule has 14 heavy (non-hydrogen) atoms. The first kappa shape index (κ1) is 9.41. The zero-order valence-corrected chi connectivity index (χ0v) is 9.45. The number of halogens is 1. The van der Waals surface area contributed by atoms with Gasteiger partial charge in [-0.2, -0.15) is 0 Å². The van der Waals surface area contributed by atoms with Crippen LogP contribution in [0.15, 0.2) is 47.1 Å². The van der Waals surface area contributed by atoms with Crippen LogP contribution in [0.1, 0.15) is 5.56 Å². The molecule has 70 valence electrons. The molecule has 0 saturated carbocycles. The minimum Gasteiger partial charge on any atom is -0.256 e. The minimum absolute atomic E-state index is 1.02. The summed E-state index contributed by atoms with van der Waals surface area (Å²) < 4.78 is 1.13. The molecule has 0 aliphatic rings. The van der Waals surface area contributed by atoms with E-state index in [1.54, 1.807) is 0 Å². The molecule has 1 aromatic carbocycles. The molecule has 2 heteroatoms. The van der Waals surface area contributed by atoms with Crippen LogP contribution in [-0.2, 0) is 0 Å². The fourth-order valence-corrected chi connectivity index (χ4v) is 1.77. The molecule has 2 rings (SSSR count). The van der Waals surface area contributed by atoms with Crippen LogP contribution in [0.25, 0.3) is 11.3 Å². The lowest BCUT2D eigenvalue weighted by molar-refractivity contribution is 1.30. The summed E-state index contributed by atoms with van der Waals surface area (Å²) in [7, 11) is 0. The standard InChI is InChI=1S/C12H10BrN/c1-9-10(5-4-6-11(9)13)12-7-2-3-8-14-12/h2-8H,1H3. The summed E-state index contributed by atoms with van der Waals surface area (Å²) in [5.74, 6) is 0. The van der Waals surface area contributed by atoms with Crippen molar-refractivity contribution in [2.24, 2.45) is 0 Å². The van der Waals surface area contributed by atoms with Gasteiger partial charge in [-0.3, -0.25) is 4.98 Å². The Bertz CT molecular complexity index is 437. The smallest absolute Gasteiger partial charge is 0.0705 e. The molecular formula is C12H10BrN. The van der Waals surface area contributed by atoms with E-state index in [9.17, 15) is 0 Å². The zero-order chi connectivity index (χ0) is 9.97. The fourth-order valence-electron chi connectivity index (χ4n) is 1.41. The van der Waals surface area contributed by atoms with Crippen LogP contribution in [0.4, 0.5) is 0 Å². The number of pyridine rings is 1. The molecule has 1 nitrogen and oxygen atoms in total. The van der Waals surface area contributed by atoms with Crippen LogP contribution in [0.3, 0.4) is 0 Å². The Labute approximate surface area is 91.9 Å². The maximum absolute atomic E-state index is 4.33. The van der Waals surface area contributed by atoms with Gasteiger partial charge in [0.25, 0.3) is 0 Å². The maximum atomic E-state index is 4.33. The molecule has 0 fully saturated rings. The van der Waals surface area contributed by atoms with Gasteiger partial charge in [0.2, 0.25) is 0 Å². The number of nitrogens with zero attached hydrogens (tertiary/aromatic N) is 1. The van der Waals surface area contributed by atoms with Crippen molar-refractivity contribution < 1.29 is 0 Å². The Hall–Kier alpha value is -1.15. The van der Waals surface area contributed by atoms with Gasteiger partial charge in [-0.15, -0.1) is 0 Å². The van der Waals surface area contributed by atoms with E-state index in [0.717, 1.165) is 10.2 Å². The summed E-state index contributed by atoms with van der Waals surface area (Å²) in [6.07, 6.45) is 1.82. The minimum atomic E-state index is 1.02. The molecule has 0 amide bonds. The molecule has 1 heterocycles. The van der Waals surface area contributed by atoms with Crippen LogP contribution < -0.4 is 0 Å². The summed E-state index contributed by atoms with van der Waals surface area (Å²) in [6.45, 7) is 2.09. The lowest BCUT2D eigenvalue weighted by Crippen LogP contribution is -1.86. The van der Waals surface area contributed by atoms with Gasteiger partial charge in [-0.05, 0) is 30.7 Å². The molecule has 0 saturated heterocycles. The first-order valence-electron chi connectivity index (χ1n) is 4.45. The molecule has 0 bridgehead atoms. The average Bonchev–Trinajstić information content (AvgIpc) is 2.23. The molecule has 0 aliphatic carbocycles. The predicted octanol–water partition coefficient (Wildman–Crippen LogP) is 3.82. The van der Waals surface area contributed by atoms with Crippen molar-refractivity contribution in [3.05, 3.63) is 52.6 Å². The van der Waals surface area contributed by atoms with E-state index >= 15 is 0 Å². The largest absolute Gasteiger partial charge is 0.256 e. The van der Waals surface area contributed by atoms with Gasteiger partial charge in [0.1, 0.15) is 0 Å². The van der Waals surface area contributed by atoms with Crippen molar-refractivity contribution in [1.82, 2.24) is 4.98 Å². The molecule has 0 spiro atoms. The van der Waals surface area contributed by atoms with Gasteiger partial charge < -0.3 is 0 Å². The van der Waals surface area contributed by atoms with Gasteiger partial charge in [0, 0.05) is 16.2 Å². The first-order valence-corrected chi connectivity index (χ1v) is 5.25. The SMILES string of the molecule is Cc1c(Br)cccc1-c1ccccn1. The highest BCUT2D eigenvalue weighted by molar-refractivity contribution is 9.10. The summed E-state index contributed by atoms with van der Waals surface area (Å²) in [5.41, 5.74) is 3.43. The highest BCUT2D eigenvalue weighted by atomic mass is 79.9. The third-order valence-corrected chi connectivity index (χ3v) is 3.07. The first-order chi connectivity index (χ1) is 6.79. The second-order valence-electron chi connectivity index (χ2n) is 3.13. The van der Waals surface area contributed by atoms with Crippen LogP contribution in [0, 0.1) is 6.92 Å². The number of benzene rings is 1. The Morgan fingerprint density at radius 3 is 2.64 bits per heavy atom. The molecule has 1 aromatic heterocycles. The molecule has 0 atom stereocenters. The van der Waals surface area contributed by atoms with Gasteiger partial charge in [0.05, 0.1) is 5.69 Å². The second-order valence-corrected chi connectivity index (χ2v) is 3.98. The molecule has 0 N–H and O–H groups in total. The quantitative estimate of drug-likeness (QED) is 0.747. The average molecular weight is 248 g/mol. The van der Waals surface area contributed by atoms with Crippen molar-refractivity contribution in [2.45, 2.75) is 6.92 Å². The van der Waals surface area contributed by atoms with E-state index < -0.39 is 0 Å². The molecular weight excluding hydrogens is 238 g/mol. The number of rotatable bonds is 1. The van der Waals surface area contributed by atoms with E-state index in [2.05, 4.69) is 33.9 Å². The third-order valence-electron chi connectivity index (χ3n) is 2.21. The van der Waals surface area contributed by atoms with Gasteiger partial charge >= 0.3 is 0 Å². The molecule has 0 radical (unpaired) electrons. The lowest BCUT2D eigenvalue weighted by atomic mass is 10.1.